The monoisotopic (exact) mass is 210 g/mol. The second-order valence-corrected chi connectivity index (χ2v) is 3.75. The second-order valence-electron chi connectivity index (χ2n) is 3.75. The molecular formula is C12H18O3. The van der Waals surface area contributed by atoms with E-state index in [-0.39, 0.29) is 0 Å². The maximum absolute atomic E-state index is 10.1. The zero-order valence-corrected chi connectivity index (χ0v) is 9.06. The summed E-state index contributed by atoms with van der Waals surface area (Å²) >= 11 is 0. The van der Waals surface area contributed by atoms with E-state index in [9.17, 15) is 4.79 Å². The number of hydrogen-bond acceptors (Lipinski definition) is 2. The number of carbonyl (C=O) groups is 1. The summed E-state index contributed by atoms with van der Waals surface area (Å²) in [4.78, 5) is 10.1. The molecule has 0 aromatic heterocycles. The lowest BCUT2D eigenvalue weighted by molar-refractivity contribution is -0.131. The summed E-state index contributed by atoms with van der Waals surface area (Å²) < 4.78 is 5.28. The highest BCUT2D eigenvalue weighted by Crippen LogP contribution is 2.25. The minimum Gasteiger partial charge on any atom is -0.478 e. The molecule has 0 aliphatic carbocycles. The summed E-state index contributed by atoms with van der Waals surface area (Å²) in [6, 6.07) is 0. The molecule has 0 amide bonds. The third kappa shape index (κ3) is 6.07. The fraction of sp³-hybridized carbons (Fsp3) is 0.583. The molecule has 1 N–H and O–H groups in total. The Bertz CT molecular complexity index is 256. The van der Waals surface area contributed by atoms with Crippen LogP contribution in [0.5, 0.6) is 0 Å². The van der Waals surface area contributed by atoms with Crippen molar-refractivity contribution in [3.8, 4) is 0 Å². The van der Waals surface area contributed by atoms with Gasteiger partial charge in [0.2, 0.25) is 0 Å². The highest BCUT2D eigenvalue weighted by molar-refractivity contribution is 5.79. The Morgan fingerprint density at radius 2 is 1.87 bits per heavy atom. The summed E-state index contributed by atoms with van der Waals surface area (Å²) in [7, 11) is 0. The Labute approximate surface area is 90.4 Å². The molecule has 0 spiro atoms. The van der Waals surface area contributed by atoms with Crippen molar-refractivity contribution < 1.29 is 14.6 Å². The van der Waals surface area contributed by atoms with Gasteiger partial charge in [-0.15, -0.1) is 0 Å². The Balaban J connectivity index is 1.90. The van der Waals surface area contributed by atoms with Crippen molar-refractivity contribution in [3.63, 3.8) is 0 Å². The Morgan fingerprint density at radius 3 is 2.47 bits per heavy atom. The van der Waals surface area contributed by atoms with Crippen LogP contribution in [0.25, 0.3) is 0 Å². The highest BCUT2D eigenvalue weighted by atomic mass is 16.6. The number of ether oxygens (including phenoxy) is 1. The SMILES string of the molecule is CC1OC1CCC=CCCC=CC(=O)O. The number of carboxylic acids is 1. The van der Waals surface area contributed by atoms with Crippen LogP contribution >= 0.6 is 0 Å². The average Bonchev–Trinajstić information content (AvgIpc) is 2.86. The van der Waals surface area contributed by atoms with E-state index in [1.807, 2.05) is 0 Å². The standard InChI is InChI=1S/C12H18O3/c1-10-11(15-10)8-6-4-2-3-5-7-9-12(13)14/h2,4,7,9-11H,3,5-6,8H2,1H3,(H,13,14). The number of unbranched alkanes of at least 4 members (excludes halogenated alkanes) is 1. The molecule has 0 radical (unpaired) electrons. The molecule has 2 unspecified atom stereocenters. The third-order valence-corrected chi connectivity index (χ3v) is 2.38. The lowest BCUT2D eigenvalue weighted by Crippen LogP contribution is -1.87. The van der Waals surface area contributed by atoms with E-state index in [1.54, 1.807) is 6.08 Å². The van der Waals surface area contributed by atoms with Crippen molar-refractivity contribution >= 4 is 5.97 Å². The van der Waals surface area contributed by atoms with Gasteiger partial charge in [0.25, 0.3) is 0 Å². The van der Waals surface area contributed by atoms with Crippen molar-refractivity contribution in [2.24, 2.45) is 0 Å². The zero-order valence-electron chi connectivity index (χ0n) is 9.06. The quantitative estimate of drug-likeness (QED) is 0.304. The molecular weight excluding hydrogens is 192 g/mol. The van der Waals surface area contributed by atoms with Gasteiger partial charge in [0.1, 0.15) is 0 Å². The van der Waals surface area contributed by atoms with Crippen molar-refractivity contribution in [2.45, 2.75) is 44.8 Å². The largest absolute Gasteiger partial charge is 0.478 e. The molecule has 3 nitrogen and oxygen atoms in total. The number of carboxylic acid groups (broad SMARTS) is 1. The van der Waals surface area contributed by atoms with E-state index >= 15 is 0 Å². The minimum absolute atomic E-state index is 0.455. The topological polar surface area (TPSA) is 49.8 Å². The lowest BCUT2D eigenvalue weighted by Gasteiger charge is -1.89. The van der Waals surface area contributed by atoms with Crippen LogP contribution in [0.2, 0.25) is 0 Å². The molecule has 3 heteroatoms. The van der Waals surface area contributed by atoms with Gasteiger partial charge in [0, 0.05) is 6.08 Å². The van der Waals surface area contributed by atoms with Gasteiger partial charge in [0.15, 0.2) is 0 Å². The minimum atomic E-state index is -0.876. The lowest BCUT2D eigenvalue weighted by atomic mass is 10.2. The summed E-state index contributed by atoms with van der Waals surface area (Å²) in [6.45, 7) is 2.09. The van der Waals surface area contributed by atoms with E-state index in [0.29, 0.717) is 12.2 Å². The fourth-order valence-electron chi connectivity index (χ4n) is 1.41. The molecule has 1 aliphatic rings. The van der Waals surface area contributed by atoms with Crippen LogP contribution in [0.15, 0.2) is 24.3 Å². The van der Waals surface area contributed by atoms with E-state index in [4.69, 9.17) is 9.84 Å². The van der Waals surface area contributed by atoms with Crippen LogP contribution in [0.3, 0.4) is 0 Å². The zero-order chi connectivity index (χ0) is 11.1. The van der Waals surface area contributed by atoms with Crippen molar-refractivity contribution in [2.75, 3.05) is 0 Å². The van der Waals surface area contributed by atoms with E-state index in [0.717, 1.165) is 25.7 Å². The molecule has 1 rings (SSSR count). The number of hydrogen-bond donors (Lipinski definition) is 1. The molecule has 1 aliphatic heterocycles. The van der Waals surface area contributed by atoms with Gasteiger partial charge >= 0.3 is 5.97 Å². The Kier molecular flexibility index (Phi) is 5.12. The summed E-state index contributed by atoms with van der Waals surface area (Å²) in [5.41, 5.74) is 0. The average molecular weight is 210 g/mol. The number of rotatable bonds is 7. The highest BCUT2D eigenvalue weighted by Gasteiger charge is 2.32. The van der Waals surface area contributed by atoms with Crippen LogP contribution in [0.4, 0.5) is 0 Å². The molecule has 0 saturated carbocycles. The molecule has 0 bridgehead atoms. The normalized spacial score (nSPS) is 25.1. The maximum atomic E-state index is 10.1. The molecule has 0 aromatic carbocycles. The third-order valence-electron chi connectivity index (χ3n) is 2.38. The van der Waals surface area contributed by atoms with Gasteiger partial charge in [-0.25, -0.2) is 4.79 Å². The molecule has 84 valence electrons. The first kappa shape index (κ1) is 12.0. The van der Waals surface area contributed by atoms with Crippen LogP contribution in [-0.2, 0) is 9.53 Å². The van der Waals surface area contributed by atoms with Crippen LogP contribution in [0.1, 0.15) is 32.6 Å². The molecule has 2 atom stereocenters. The first-order chi connectivity index (χ1) is 7.20. The first-order valence-corrected chi connectivity index (χ1v) is 5.40. The van der Waals surface area contributed by atoms with Gasteiger partial charge in [0.05, 0.1) is 12.2 Å². The van der Waals surface area contributed by atoms with E-state index < -0.39 is 5.97 Å². The maximum Gasteiger partial charge on any atom is 0.327 e. The summed E-state index contributed by atoms with van der Waals surface area (Å²) in [6.07, 6.45) is 11.9. The smallest absolute Gasteiger partial charge is 0.327 e. The molecule has 15 heavy (non-hydrogen) atoms. The van der Waals surface area contributed by atoms with Crippen molar-refractivity contribution in [1.29, 1.82) is 0 Å². The van der Waals surface area contributed by atoms with E-state index in [2.05, 4.69) is 19.1 Å². The van der Waals surface area contributed by atoms with Crippen LogP contribution in [-0.4, -0.2) is 23.3 Å². The Morgan fingerprint density at radius 1 is 1.27 bits per heavy atom. The predicted molar refractivity (Wildman–Crippen MR) is 58.7 cm³/mol. The fourth-order valence-corrected chi connectivity index (χ4v) is 1.41. The number of allylic oxidation sites excluding steroid dienone is 3. The predicted octanol–water partition coefficient (Wildman–Crippen LogP) is 2.53. The van der Waals surface area contributed by atoms with Gasteiger partial charge < -0.3 is 9.84 Å². The number of epoxide rings is 1. The van der Waals surface area contributed by atoms with Gasteiger partial charge in [-0.3, -0.25) is 0 Å². The molecule has 0 aromatic rings. The Hall–Kier alpha value is -1.09. The van der Waals surface area contributed by atoms with Gasteiger partial charge in [-0.05, 0) is 32.6 Å². The molecule has 1 heterocycles. The van der Waals surface area contributed by atoms with Gasteiger partial charge in [-0.1, -0.05) is 18.2 Å². The van der Waals surface area contributed by atoms with E-state index in [1.165, 1.54) is 6.08 Å². The second kappa shape index (κ2) is 6.40. The summed E-state index contributed by atoms with van der Waals surface area (Å²) in [5.74, 6) is -0.876. The van der Waals surface area contributed by atoms with Crippen LogP contribution in [0, 0.1) is 0 Å². The summed E-state index contributed by atoms with van der Waals surface area (Å²) in [5, 5.41) is 8.33. The van der Waals surface area contributed by atoms with Crippen molar-refractivity contribution in [3.05, 3.63) is 24.3 Å². The number of aliphatic carboxylic acids is 1. The van der Waals surface area contributed by atoms with Gasteiger partial charge in [-0.2, -0.15) is 0 Å². The molecule has 1 fully saturated rings. The molecule has 1 saturated heterocycles. The van der Waals surface area contributed by atoms with Crippen LogP contribution < -0.4 is 0 Å². The van der Waals surface area contributed by atoms with Crippen molar-refractivity contribution in [1.82, 2.24) is 0 Å². The first-order valence-electron chi connectivity index (χ1n) is 5.40.